The summed E-state index contributed by atoms with van der Waals surface area (Å²) in [7, 11) is 5.66. The van der Waals surface area contributed by atoms with Gasteiger partial charge in [-0.1, -0.05) is 0 Å². The highest BCUT2D eigenvalue weighted by Gasteiger charge is 2.06. The fraction of sp³-hybridized carbons (Fsp3) is 0.615. The number of nitrogens with zero attached hydrogens (tertiary/aromatic N) is 3. The van der Waals surface area contributed by atoms with Crippen molar-refractivity contribution in [2.24, 2.45) is 0 Å². The summed E-state index contributed by atoms with van der Waals surface area (Å²) < 4.78 is 4.85. The number of anilines is 1. The summed E-state index contributed by atoms with van der Waals surface area (Å²) in [6.07, 6.45) is 4.06. The first-order chi connectivity index (χ1) is 9.63. The van der Waals surface area contributed by atoms with E-state index in [2.05, 4.69) is 25.5 Å². The normalized spacial score (nSPS) is 10.6. The molecule has 0 aliphatic heterocycles. The van der Waals surface area contributed by atoms with Crippen molar-refractivity contribution in [1.29, 1.82) is 0 Å². The highest BCUT2D eigenvalue weighted by molar-refractivity contribution is 5.91. The zero-order valence-electron chi connectivity index (χ0n) is 12.3. The van der Waals surface area contributed by atoms with Crippen LogP contribution in [-0.4, -0.2) is 68.2 Å². The summed E-state index contributed by atoms with van der Waals surface area (Å²) in [5.41, 5.74) is 0.306. The minimum atomic E-state index is -0.242. The van der Waals surface area contributed by atoms with Gasteiger partial charge in [-0.25, -0.2) is 9.97 Å². The lowest BCUT2D eigenvalue weighted by atomic mass is 10.4. The van der Waals surface area contributed by atoms with Crippen molar-refractivity contribution in [3.05, 3.63) is 18.1 Å². The van der Waals surface area contributed by atoms with Crippen LogP contribution < -0.4 is 10.6 Å². The molecule has 1 heterocycles. The number of ether oxygens (including phenoxy) is 1. The molecule has 0 aromatic carbocycles. The average Bonchev–Trinajstić information content (AvgIpc) is 2.44. The van der Waals surface area contributed by atoms with Crippen molar-refractivity contribution in [2.75, 3.05) is 52.8 Å². The van der Waals surface area contributed by atoms with E-state index in [1.54, 1.807) is 13.3 Å². The Hall–Kier alpha value is -1.73. The predicted molar refractivity (Wildman–Crippen MR) is 77.9 cm³/mol. The molecule has 0 radical (unpaired) electrons. The third kappa shape index (κ3) is 6.44. The molecule has 1 aromatic heterocycles. The van der Waals surface area contributed by atoms with Gasteiger partial charge in [0.1, 0.15) is 11.5 Å². The molecule has 112 valence electrons. The molecular formula is C13H23N5O2. The fourth-order valence-corrected chi connectivity index (χ4v) is 1.51. The molecule has 0 fully saturated rings. The van der Waals surface area contributed by atoms with Crippen LogP contribution >= 0.6 is 0 Å². The largest absolute Gasteiger partial charge is 0.383 e. The SMILES string of the molecule is COCCNC(=O)c1cnc(NCCCN(C)C)cn1. The minimum absolute atomic E-state index is 0.242. The van der Waals surface area contributed by atoms with Crippen molar-refractivity contribution in [3.63, 3.8) is 0 Å². The van der Waals surface area contributed by atoms with E-state index in [9.17, 15) is 4.79 Å². The molecule has 0 atom stereocenters. The molecule has 20 heavy (non-hydrogen) atoms. The van der Waals surface area contributed by atoms with Crippen molar-refractivity contribution in [3.8, 4) is 0 Å². The second kappa shape index (κ2) is 9.22. The van der Waals surface area contributed by atoms with E-state index >= 15 is 0 Å². The Kier molecular flexibility index (Phi) is 7.52. The standard InChI is InChI=1S/C13H23N5O2/c1-18(2)7-4-5-14-12-10-16-11(9-17-12)13(19)15-6-8-20-3/h9-10H,4-8H2,1-3H3,(H,14,17)(H,15,19). The Balaban J connectivity index is 2.34. The van der Waals surface area contributed by atoms with Gasteiger partial charge in [0.25, 0.3) is 5.91 Å². The second-order valence-corrected chi connectivity index (χ2v) is 4.62. The van der Waals surface area contributed by atoms with Crippen LogP contribution in [0.4, 0.5) is 5.82 Å². The van der Waals surface area contributed by atoms with Gasteiger partial charge in [-0.15, -0.1) is 0 Å². The number of hydrogen-bond donors (Lipinski definition) is 2. The molecule has 7 heteroatoms. The Bertz CT molecular complexity index is 394. The zero-order chi connectivity index (χ0) is 14.8. The Labute approximate surface area is 119 Å². The maximum absolute atomic E-state index is 11.7. The smallest absolute Gasteiger partial charge is 0.271 e. The van der Waals surface area contributed by atoms with E-state index in [0.717, 1.165) is 19.5 Å². The van der Waals surface area contributed by atoms with Crippen molar-refractivity contribution in [2.45, 2.75) is 6.42 Å². The van der Waals surface area contributed by atoms with Crippen LogP contribution in [0.15, 0.2) is 12.4 Å². The van der Waals surface area contributed by atoms with Crippen LogP contribution in [0.5, 0.6) is 0 Å². The maximum Gasteiger partial charge on any atom is 0.271 e. The first kappa shape index (κ1) is 16.3. The third-order valence-corrected chi connectivity index (χ3v) is 2.56. The van der Waals surface area contributed by atoms with E-state index in [1.807, 2.05) is 14.1 Å². The minimum Gasteiger partial charge on any atom is -0.383 e. The Morgan fingerprint density at radius 1 is 1.30 bits per heavy atom. The average molecular weight is 281 g/mol. The summed E-state index contributed by atoms with van der Waals surface area (Å²) >= 11 is 0. The topological polar surface area (TPSA) is 79.4 Å². The lowest BCUT2D eigenvalue weighted by molar-refractivity contribution is 0.0932. The molecule has 0 bridgehead atoms. The van der Waals surface area contributed by atoms with Gasteiger partial charge in [-0.05, 0) is 27.1 Å². The number of methoxy groups -OCH3 is 1. The van der Waals surface area contributed by atoms with E-state index in [1.165, 1.54) is 6.20 Å². The summed E-state index contributed by atoms with van der Waals surface area (Å²) in [4.78, 5) is 22.0. The maximum atomic E-state index is 11.7. The molecule has 7 nitrogen and oxygen atoms in total. The fourth-order valence-electron chi connectivity index (χ4n) is 1.51. The monoisotopic (exact) mass is 281 g/mol. The molecule has 0 aliphatic rings. The number of carbonyl (C=O) groups excluding carboxylic acids is 1. The van der Waals surface area contributed by atoms with E-state index in [-0.39, 0.29) is 5.91 Å². The van der Waals surface area contributed by atoms with Gasteiger partial charge in [-0.3, -0.25) is 4.79 Å². The molecule has 1 rings (SSSR count). The molecule has 2 N–H and O–H groups in total. The summed E-state index contributed by atoms with van der Waals surface area (Å²) in [5, 5.41) is 5.86. The van der Waals surface area contributed by atoms with E-state index in [0.29, 0.717) is 24.7 Å². The number of hydrogen-bond acceptors (Lipinski definition) is 6. The quantitative estimate of drug-likeness (QED) is 0.630. The molecule has 0 saturated heterocycles. The summed E-state index contributed by atoms with van der Waals surface area (Å²) in [6.45, 7) is 2.78. The molecule has 0 aliphatic carbocycles. The second-order valence-electron chi connectivity index (χ2n) is 4.62. The molecule has 1 aromatic rings. The van der Waals surface area contributed by atoms with Gasteiger partial charge in [0, 0.05) is 20.2 Å². The Morgan fingerprint density at radius 2 is 2.10 bits per heavy atom. The van der Waals surface area contributed by atoms with Crippen LogP contribution in [-0.2, 0) is 4.74 Å². The predicted octanol–water partition coefficient (Wildman–Crippen LogP) is 0.216. The molecule has 0 saturated carbocycles. The van der Waals surface area contributed by atoms with Crippen LogP contribution in [0.25, 0.3) is 0 Å². The number of carbonyl (C=O) groups is 1. The lowest BCUT2D eigenvalue weighted by Crippen LogP contribution is -2.27. The number of rotatable bonds is 9. The molecular weight excluding hydrogens is 258 g/mol. The highest BCUT2D eigenvalue weighted by atomic mass is 16.5. The van der Waals surface area contributed by atoms with Gasteiger partial charge in [0.05, 0.1) is 19.0 Å². The summed E-state index contributed by atoms with van der Waals surface area (Å²) in [6, 6.07) is 0. The van der Waals surface area contributed by atoms with Gasteiger partial charge < -0.3 is 20.3 Å². The van der Waals surface area contributed by atoms with Crippen LogP contribution in [0.3, 0.4) is 0 Å². The van der Waals surface area contributed by atoms with Gasteiger partial charge in [0.2, 0.25) is 0 Å². The number of nitrogens with one attached hydrogen (secondary N) is 2. The van der Waals surface area contributed by atoms with Crippen molar-refractivity contribution >= 4 is 11.7 Å². The highest BCUT2D eigenvalue weighted by Crippen LogP contribution is 2.01. The summed E-state index contributed by atoms with van der Waals surface area (Å²) in [5.74, 6) is 0.436. The van der Waals surface area contributed by atoms with Gasteiger partial charge in [-0.2, -0.15) is 0 Å². The van der Waals surface area contributed by atoms with Gasteiger partial charge in [0.15, 0.2) is 0 Å². The van der Waals surface area contributed by atoms with E-state index < -0.39 is 0 Å². The zero-order valence-corrected chi connectivity index (χ0v) is 12.3. The van der Waals surface area contributed by atoms with Crippen LogP contribution in [0, 0.1) is 0 Å². The van der Waals surface area contributed by atoms with Crippen molar-refractivity contribution < 1.29 is 9.53 Å². The van der Waals surface area contributed by atoms with Crippen molar-refractivity contribution in [1.82, 2.24) is 20.2 Å². The molecule has 0 spiro atoms. The lowest BCUT2D eigenvalue weighted by Gasteiger charge is -2.10. The number of aromatic nitrogens is 2. The first-order valence-corrected chi connectivity index (χ1v) is 6.61. The first-order valence-electron chi connectivity index (χ1n) is 6.61. The molecule has 0 unspecified atom stereocenters. The number of amides is 1. The molecule has 1 amide bonds. The Morgan fingerprint density at radius 3 is 2.70 bits per heavy atom. The van der Waals surface area contributed by atoms with Crippen LogP contribution in [0.1, 0.15) is 16.9 Å². The third-order valence-electron chi connectivity index (χ3n) is 2.56. The van der Waals surface area contributed by atoms with Gasteiger partial charge >= 0.3 is 0 Å². The van der Waals surface area contributed by atoms with Crippen LogP contribution in [0.2, 0.25) is 0 Å². The van der Waals surface area contributed by atoms with E-state index in [4.69, 9.17) is 4.74 Å².